The van der Waals surface area contributed by atoms with Crippen LogP contribution >= 0.6 is 0 Å². The molecule has 1 heteroatoms. The number of carbonyl (C=O) groups is 1. The summed E-state index contributed by atoms with van der Waals surface area (Å²) < 4.78 is 0. The van der Waals surface area contributed by atoms with E-state index in [1.165, 1.54) is 82.6 Å². The summed E-state index contributed by atoms with van der Waals surface area (Å²) in [5.41, 5.74) is 2.30. The molecule has 0 saturated heterocycles. The molecular weight excluding hydrogens is 328 g/mol. The number of rotatable bonds is 5. The van der Waals surface area contributed by atoms with E-state index in [4.69, 9.17) is 0 Å². The normalized spacial score (nSPS) is 43.9. The van der Waals surface area contributed by atoms with Crippen LogP contribution in [0.2, 0.25) is 0 Å². The first-order valence-electron chi connectivity index (χ1n) is 12.1. The Kier molecular flexibility index (Phi) is 5.36. The van der Waals surface area contributed by atoms with E-state index in [1.54, 1.807) is 0 Å². The van der Waals surface area contributed by atoms with Gasteiger partial charge in [0.1, 0.15) is 0 Å². The van der Waals surface area contributed by atoms with E-state index in [0.717, 1.165) is 11.8 Å². The van der Waals surface area contributed by atoms with Gasteiger partial charge in [-0.05, 0) is 91.9 Å². The molecule has 0 aromatic heterocycles. The van der Waals surface area contributed by atoms with E-state index in [1.807, 2.05) is 0 Å². The molecular formula is C26H42O. The fourth-order valence-corrected chi connectivity index (χ4v) is 7.96. The minimum Gasteiger partial charge on any atom is -0.295 e. The van der Waals surface area contributed by atoms with Crippen molar-refractivity contribution >= 4 is 5.78 Å². The molecule has 4 aliphatic rings. The van der Waals surface area contributed by atoms with Crippen LogP contribution in [-0.4, -0.2) is 5.78 Å². The van der Waals surface area contributed by atoms with Gasteiger partial charge in [-0.3, -0.25) is 4.79 Å². The third kappa shape index (κ3) is 3.25. The molecule has 27 heavy (non-hydrogen) atoms. The molecule has 0 N–H and O–H groups in total. The van der Waals surface area contributed by atoms with Gasteiger partial charge < -0.3 is 0 Å². The first-order valence-corrected chi connectivity index (χ1v) is 12.1. The van der Waals surface area contributed by atoms with Crippen LogP contribution in [0.25, 0.3) is 0 Å². The van der Waals surface area contributed by atoms with Crippen molar-refractivity contribution in [2.45, 2.75) is 105 Å². The Morgan fingerprint density at radius 2 is 1.85 bits per heavy atom. The second-order valence-electron chi connectivity index (χ2n) is 11.4. The standard InChI is InChI=1S/C26H42O/c1-18(2)9-5-6-10-19-12-13-21-24-22(14-16-26(19,21)4)25(3)15-8-7-11-20(25)17-23(24)27/h17-19,21-22,24H,5-16H2,1-4H3/t19-,21?,22?,24?,25-,26+/m0/s1. The molecule has 0 aliphatic heterocycles. The van der Waals surface area contributed by atoms with Crippen molar-refractivity contribution in [3.8, 4) is 0 Å². The molecule has 3 saturated carbocycles. The van der Waals surface area contributed by atoms with Crippen molar-refractivity contribution in [2.24, 2.45) is 40.4 Å². The van der Waals surface area contributed by atoms with E-state index in [-0.39, 0.29) is 0 Å². The van der Waals surface area contributed by atoms with Crippen molar-refractivity contribution < 1.29 is 4.79 Å². The first-order chi connectivity index (χ1) is 12.9. The lowest BCUT2D eigenvalue weighted by atomic mass is 9.47. The third-order valence-electron chi connectivity index (χ3n) is 9.64. The average Bonchev–Trinajstić information content (AvgIpc) is 2.95. The molecule has 152 valence electrons. The minimum absolute atomic E-state index is 0.341. The second kappa shape index (κ2) is 7.34. The SMILES string of the molecule is CC(C)CCCC[C@H]1CCC2C3C(=O)C=C4CCCC[C@]4(C)C3CC[C@@]21C. The highest BCUT2D eigenvalue weighted by Gasteiger charge is 2.60. The van der Waals surface area contributed by atoms with Crippen molar-refractivity contribution in [2.75, 3.05) is 0 Å². The van der Waals surface area contributed by atoms with Crippen LogP contribution in [-0.2, 0) is 4.79 Å². The molecule has 0 spiro atoms. The van der Waals surface area contributed by atoms with Crippen molar-refractivity contribution in [1.29, 1.82) is 0 Å². The van der Waals surface area contributed by atoms with Crippen LogP contribution in [0, 0.1) is 40.4 Å². The summed E-state index contributed by atoms with van der Waals surface area (Å²) in [5.74, 6) is 3.87. The quantitative estimate of drug-likeness (QED) is 0.462. The Bertz CT molecular complexity index is 601. The van der Waals surface area contributed by atoms with Crippen LogP contribution < -0.4 is 0 Å². The molecule has 3 unspecified atom stereocenters. The highest BCUT2D eigenvalue weighted by molar-refractivity contribution is 5.94. The van der Waals surface area contributed by atoms with Crippen LogP contribution in [0.15, 0.2) is 11.6 Å². The Balaban J connectivity index is 1.51. The van der Waals surface area contributed by atoms with Gasteiger partial charge in [0.05, 0.1) is 0 Å². The summed E-state index contributed by atoms with van der Waals surface area (Å²) in [5, 5.41) is 0. The van der Waals surface area contributed by atoms with E-state index in [0.29, 0.717) is 34.4 Å². The highest BCUT2D eigenvalue weighted by atomic mass is 16.1. The molecule has 0 bridgehead atoms. The van der Waals surface area contributed by atoms with Gasteiger partial charge in [-0.1, -0.05) is 59.0 Å². The van der Waals surface area contributed by atoms with Gasteiger partial charge in [-0.25, -0.2) is 0 Å². The van der Waals surface area contributed by atoms with Crippen LogP contribution in [0.3, 0.4) is 0 Å². The van der Waals surface area contributed by atoms with Gasteiger partial charge in [0.25, 0.3) is 0 Å². The van der Waals surface area contributed by atoms with Crippen molar-refractivity contribution in [3.05, 3.63) is 11.6 Å². The Morgan fingerprint density at radius 3 is 2.63 bits per heavy atom. The van der Waals surface area contributed by atoms with Crippen LogP contribution in [0.1, 0.15) is 105 Å². The molecule has 3 fully saturated rings. The molecule has 1 nitrogen and oxygen atoms in total. The molecule has 4 rings (SSSR count). The van der Waals surface area contributed by atoms with Gasteiger partial charge in [-0.2, -0.15) is 0 Å². The van der Waals surface area contributed by atoms with Gasteiger partial charge in [0.2, 0.25) is 0 Å². The lowest BCUT2D eigenvalue weighted by Crippen LogP contribution is -2.52. The van der Waals surface area contributed by atoms with Gasteiger partial charge in [0.15, 0.2) is 5.78 Å². The maximum absolute atomic E-state index is 13.3. The number of ketones is 1. The maximum Gasteiger partial charge on any atom is 0.159 e. The summed E-state index contributed by atoms with van der Waals surface area (Å²) in [4.78, 5) is 13.3. The summed E-state index contributed by atoms with van der Waals surface area (Å²) in [6, 6.07) is 0. The van der Waals surface area contributed by atoms with Gasteiger partial charge in [-0.15, -0.1) is 0 Å². The van der Waals surface area contributed by atoms with Crippen LogP contribution in [0.4, 0.5) is 0 Å². The lowest BCUT2D eigenvalue weighted by Gasteiger charge is -2.56. The molecule has 0 aromatic rings. The number of unbranched alkanes of at least 4 members (excludes halogenated alkanes) is 1. The highest BCUT2D eigenvalue weighted by Crippen LogP contribution is 2.66. The maximum atomic E-state index is 13.3. The zero-order valence-electron chi connectivity index (χ0n) is 18.4. The number of carbonyl (C=O) groups excluding carboxylic acids is 1. The van der Waals surface area contributed by atoms with E-state index in [9.17, 15) is 4.79 Å². The third-order valence-corrected chi connectivity index (χ3v) is 9.64. The van der Waals surface area contributed by atoms with Crippen molar-refractivity contribution in [3.63, 3.8) is 0 Å². The predicted molar refractivity (Wildman–Crippen MR) is 114 cm³/mol. The number of hydrogen-bond donors (Lipinski definition) is 0. The van der Waals surface area contributed by atoms with Crippen LogP contribution in [0.5, 0.6) is 0 Å². The Labute approximate surface area is 167 Å². The van der Waals surface area contributed by atoms with Crippen molar-refractivity contribution in [1.82, 2.24) is 0 Å². The number of allylic oxidation sites excluding steroid dienone is 2. The molecule has 0 radical (unpaired) electrons. The zero-order valence-corrected chi connectivity index (χ0v) is 18.4. The summed E-state index contributed by atoms with van der Waals surface area (Å²) in [7, 11) is 0. The van der Waals surface area contributed by atoms with E-state index >= 15 is 0 Å². The number of fused-ring (bicyclic) bond motifs is 5. The van der Waals surface area contributed by atoms with E-state index < -0.39 is 0 Å². The first kappa shape index (κ1) is 19.7. The Morgan fingerprint density at radius 1 is 1.04 bits per heavy atom. The molecule has 4 aliphatic carbocycles. The average molecular weight is 371 g/mol. The number of hydrogen-bond acceptors (Lipinski definition) is 1. The summed E-state index contributed by atoms with van der Waals surface area (Å²) in [6.07, 6.45) is 18.3. The minimum atomic E-state index is 0.341. The fourth-order valence-electron chi connectivity index (χ4n) is 7.96. The molecule has 0 aromatic carbocycles. The van der Waals surface area contributed by atoms with Gasteiger partial charge >= 0.3 is 0 Å². The largest absolute Gasteiger partial charge is 0.295 e. The molecule has 0 heterocycles. The second-order valence-corrected chi connectivity index (χ2v) is 11.4. The predicted octanol–water partition coefficient (Wildman–Crippen LogP) is 7.35. The smallest absolute Gasteiger partial charge is 0.159 e. The topological polar surface area (TPSA) is 17.1 Å². The molecule has 6 atom stereocenters. The van der Waals surface area contributed by atoms with Gasteiger partial charge in [0, 0.05) is 5.92 Å². The summed E-state index contributed by atoms with van der Waals surface area (Å²) in [6.45, 7) is 9.78. The lowest BCUT2D eigenvalue weighted by molar-refractivity contribution is -0.133. The Hall–Kier alpha value is -0.590. The summed E-state index contributed by atoms with van der Waals surface area (Å²) >= 11 is 0. The molecule has 0 amide bonds. The zero-order chi connectivity index (χ0) is 19.2. The van der Waals surface area contributed by atoms with E-state index in [2.05, 4.69) is 33.8 Å². The fraction of sp³-hybridized carbons (Fsp3) is 0.885. The monoisotopic (exact) mass is 370 g/mol.